The summed E-state index contributed by atoms with van der Waals surface area (Å²) in [4.78, 5) is 13.7. The summed E-state index contributed by atoms with van der Waals surface area (Å²) in [6, 6.07) is 14.1. The second kappa shape index (κ2) is 6.29. The quantitative estimate of drug-likeness (QED) is 0.791. The normalized spacial score (nSPS) is 17.6. The summed E-state index contributed by atoms with van der Waals surface area (Å²) in [7, 11) is 0. The molecule has 0 saturated carbocycles. The minimum absolute atomic E-state index is 0.404. The van der Waals surface area contributed by atoms with Crippen LogP contribution in [-0.2, 0) is 24.3 Å². The molecule has 6 nitrogen and oxygen atoms in total. The van der Waals surface area contributed by atoms with Gasteiger partial charge in [-0.2, -0.15) is 0 Å². The maximum absolute atomic E-state index is 11.7. The van der Waals surface area contributed by atoms with Crippen molar-refractivity contribution in [2.45, 2.75) is 32.5 Å². The van der Waals surface area contributed by atoms with Gasteiger partial charge in [0.25, 0.3) is 0 Å². The molecule has 0 fully saturated rings. The number of aliphatic carboxylic acids is 1. The van der Waals surface area contributed by atoms with E-state index in [-0.39, 0.29) is 0 Å². The van der Waals surface area contributed by atoms with Crippen LogP contribution in [0.15, 0.2) is 42.5 Å². The Kier molecular flexibility index (Phi) is 3.97. The van der Waals surface area contributed by atoms with Gasteiger partial charge in [-0.25, -0.2) is 0 Å². The van der Waals surface area contributed by atoms with Crippen molar-refractivity contribution in [1.29, 1.82) is 0 Å². The van der Waals surface area contributed by atoms with E-state index in [9.17, 15) is 9.90 Å². The lowest BCUT2D eigenvalue weighted by atomic mass is 10.0. The van der Waals surface area contributed by atoms with Crippen molar-refractivity contribution >= 4 is 16.7 Å². The topological polar surface area (TPSA) is 71.2 Å². The molecule has 0 aliphatic carbocycles. The zero-order valence-corrected chi connectivity index (χ0v) is 14.1. The summed E-state index contributed by atoms with van der Waals surface area (Å²) < 4.78 is 1.91. The van der Waals surface area contributed by atoms with Gasteiger partial charge in [0.2, 0.25) is 0 Å². The largest absolute Gasteiger partial charge is 0.480 e. The van der Waals surface area contributed by atoms with Crippen LogP contribution in [0, 0.1) is 6.92 Å². The molecule has 1 aliphatic rings. The smallest absolute Gasteiger partial charge is 0.322 e. The third-order valence-electron chi connectivity index (χ3n) is 4.94. The highest BCUT2D eigenvalue weighted by atomic mass is 16.4. The molecule has 2 aromatic carbocycles. The molecule has 0 saturated heterocycles. The highest BCUT2D eigenvalue weighted by Crippen LogP contribution is 2.20. The Labute approximate surface area is 145 Å². The van der Waals surface area contributed by atoms with Crippen molar-refractivity contribution in [1.82, 2.24) is 19.7 Å². The second-order valence-electron chi connectivity index (χ2n) is 6.53. The second-order valence-corrected chi connectivity index (χ2v) is 6.53. The van der Waals surface area contributed by atoms with Crippen molar-refractivity contribution in [3.8, 4) is 0 Å². The first kappa shape index (κ1) is 15.8. The lowest BCUT2D eigenvalue weighted by molar-refractivity contribution is -0.145. The van der Waals surface area contributed by atoms with Crippen LogP contribution >= 0.6 is 0 Å². The number of carboxylic acids is 1. The molecular formula is C19H20N4O2. The van der Waals surface area contributed by atoms with E-state index in [0.29, 0.717) is 19.6 Å². The monoisotopic (exact) mass is 336 g/mol. The van der Waals surface area contributed by atoms with E-state index < -0.39 is 12.0 Å². The van der Waals surface area contributed by atoms with Gasteiger partial charge in [-0.05, 0) is 29.7 Å². The zero-order valence-electron chi connectivity index (χ0n) is 14.1. The first-order valence-electron chi connectivity index (χ1n) is 8.45. The number of fused-ring (bicyclic) bond motifs is 2. The van der Waals surface area contributed by atoms with Crippen LogP contribution in [0.3, 0.4) is 0 Å². The van der Waals surface area contributed by atoms with Gasteiger partial charge >= 0.3 is 5.97 Å². The number of hydrogen-bond acceptors (Lipinski definition) is 4. The fraction of sp³-hybridized carbons (Fsp3) is 0.316. The average Bonchev–Trinajstić information content (AvgIpc) is 2.99. The van der Waals surface area contributed by atoms with Crippen molar-refractivity contribution in [3.05, 3.63) is 59.7 Å². The molecule has 3 aromatic rings. The minimum atomic E-state index is -0.794. The Hall–Kier alpha value is -2.73. The third kappa shape index (κ3) is 3.00. The molecule has 1 atom stereocenters. The predicted molar refractivity (Wildman–Crippen MR) is 94.2 cm³/mol. The molecule has 128 valence electrons. The number of carboxylic acid groups (broad SMARTS) is 1. The van der Waals surface area contributed by atoms with Gasteiger partial charge < -0.3 is 9.67 Å². The van der Waals surface area contributed by atoms with E-state index in [4.69, 9.17) is 0 Å². The number of aryl methyl sites for hydroxylation is 1. The molecule has 2 heterocycles. The van der Waals surface area contributed by atoms with Gasteiger partial charge in [-0.1, -0.05) is 42.5 Å². The van der Waals surface area contributed by atoms with Crippen LogP contribution in [0.4, 0.5) is 0 Å². The van der Waals surface area contributed by atoms with E-state index in [1.807, 2.05) is 28.5 Å². The first-order chi connectivity index (χ1) is 12.1. The molecular weight excluding hydrogens is 316 g/mol. The van der Waals surface area contributed by atoms with Crippen LogP contribution in [-0.4, -0.2) is 43.3 Å². The Morgan fingerprint density at radius 1 is 1.20 bits per heavy atom. The molecule has 1 unspecified atom stereocenters. The summed E-state index contributed by atoms with van der Waals surface area (Å²) in [5.41, 5.74) is 1.21. The van der Waals surface area contributed by atoms with Crippen molar-refractivity contribution in [3.63, 3.8) is 0 Å². The van der Waals surface area contributed by atoms with Gasteiger partial charge in [0.1, 0.15) is 17.7 Å². The molecule has 0 bridgehead atoms. The van der Waals surface area contributed by atoms with Gasteiger partial charge in [0, 0.05) is 6.54 Å². The Balaban J connectivity index is 1.53. The number of aromatic nitrogens is 3. The molecule has 0 radical (unpaired) electrons. The molecule has 1 aromatic heterocycles. The number of nitrogens with zero attached hydrogens (tertiary/aromatic N) is 4. The number of carbonyl (C=O) groups is 1. The van der Waals surface area contributed by atoms with E-state index in [2.05, 4.69) is 40.5 Å². The summed E-state index contributed by atoms with van der Waals surface area (Å²) >= 11 is 0. The number of benzene rings is 2. The van der Waals surface area contributed by atoms with Gasteiger partial charge in [-0.15, -0.1) is 10.2 Å². The first-order valence-corrected chi connectivity index (χ1v) is 8.45. The molecule has 6 heteroatoms. The van der Waals surface area contributed by atoms with E-state index in [1.54, 1.807) is 0 Å². The summed E-state index contributed by atoms with van der Waals surface area (Å²) in [6.45, 7) is 3.47. The fourth-order valence-corrected chi connectivity index (χ4v) is 3.50. The van der Waals surface area contributed by atoms with Crippen LogP contribution in [0.1, 0.15) is 17.2 Å². The maximum Gasteiger partial charge on any atom is 0.322 e. The summed E-state index contributed by atoms with van der Waals surface area (Å²) in [5.74, 6) is 0.821. The van der Waals surface area contributed by atoms with Crippen molar-refractivity contribution in [2.24, 2.45) is 0 Å². The molecule has 0 amide bonds. The Morgan fingerprint density at radius 2 is 2.00 bits per heavy atom. The van der Waals surface area contributed by atoms with Gasteiger partial charge in [-0.3, -0.25) is 9.69 Å². The zero-order chi connectivity index (χ0) is 17.4. The standard InChI is InChI=1S/C19H20N4O2/c1-13-20-21-18-12-22(17(19(24)25)11-23(13)18)9-8-14-6-7-15-4-2-3-5-16(15)10-14/h2-7,10,17H,8-9,11-12H2,1H3,(H,24,25). The average molecular weight is 336 g/mol. The fourth-order valence-electron chi connectivity index (χ4n) is 3.50. The molecule has 1 aliphatic heterocycles. The van der Waals surface area contributed by atoms with E-state index in [1.165, 1.54) is 16.3 Å². The molecule has 0 spiro atoms. The Bertz CT molecular complexity index is 934. The SMILES string of the molecule is Cc1nnc2n1CC(C(=O)O)N(CCc1ccc3ccccc3c1)C2. The predicted octanol–water partition coefficient (Wildman–Crippen LogP) is 2.25. The van der Waals surface area contributed by atoms with Crippen molar-refractivity contribution < 1.29 is 9.90 Å². The summed E-state index contributed by atoms with van der Waals surface area (Å²) in [6.07, 6.45) is 0.807. The number of hydrogen-bond donors (Lipinski definition) is 1. The highest BCUT2D eigenvalue weighted by Gasteiger charge is 2.32. The van der Waals surface area contributed by atoms with E-state index >= 15 is 0 Å². The lowest BCUT2D eigenvalue weighted by Gasteiger charge is -2.33. The number of rotatable bonds is 4. The maximum atomic E-state index is 11.7. The molecule has 4 rings (SSSR count). The van der Waals surface area contributed by atoms with Crippen LogP contribution < -0.4 is 0 Å². The van der Waals surface area contributed by atoms with Crippen LogP contribution in [0.5, 0.6) is 0 Å². The summed E-state index contributed by atoms with van der Waals surface area (Å²) in [5, 5.41) is 20.3. The van der Waals surface area contributed by atoms with Crippen molar-refractivity contribution in [2.75, 3.05) is 6.54 Å². The van der Waals surface area contributed by atoms with Gasteiger partial charge in [0.05, 0.1) is 13.1 Å². The molecule has 25 heavy (non-hydrogen) atoms. The van der Waals surface area contributed by atoms with E-state index in [0.717, 1.165) is 18.1 Å². The van der Waals surface area contributed by atoms with Gasteiger partial charge in [0.15, 0.2) is 0 Å². The minimum Gasteiger partial charge on any atom is -0.480 e. The van der Waals surface area contributed by atoms with Crippen LogP contribution in [0.2, 0.25) is 0 Å². The lowest BCUT2D eigenvalue weighted by Crippen LogP contribution is -2.48. The molecule has 1 N–H and O–H groups in total. The van der Waals surface area contributed by atoms with Crippen LogP contribution in [0.25, 0.3) is 10.8 Å². The third-order valence-corrected chi connectivity index (χ3v) is 4.94. The highest BCUT2D eigenvalue weighted by molar-refractivity contribution is 5.83. The Morgan fingerprint density at radius 3 is 2.80 bits per heavy atom.